The zero-order valence-corrected chi connectivity index (χ0v) is 18.9. The molecule has 1 N–H and O–H groups in total. The van der Waals surface area contributed by atoms with Crippen LogP contribution in [-0.4, -0.2) is 42.7 Å². The first kappa shape index (κ1) is 23.7. The molecule has 7 heteroatoms. The van der Waals surface area contributed by atoms with E-state index in [1.54, 1.807) is 12.0 Å². The van der Waals surface area contributed by atoms with Gasteiger partial charge in [-0.2, -0.15) is 0 Å². The molecule has 0 aliphatic rings. The summed E-state index contributed by atoms with van der Waals surface area (Å²) in [5.74, 6) is -0.261. The van der Waals surface area contributed by atoms with Gasteiger partial charge in [0.1, 0.15) is 22.8 Å². The van der Waals surface area contributed by atoms with Gasteiger partial charge in [-0.3, -0.25) is 4.79 Å². The van der Waals surface area contributed by atoms with Gasteiger partial charge < -0.3 is 24.2 Å². The first-order chi connectivity index (χ1) is 15.9. The molecular weight excluding hydrogens is 422 g/mol. The van der Waals surface area contributed by atoms with E-state index in [1.165, 1.54) is 25.3 Å². The molecule has 1 atom stereocenters. The van der Waals surface area contributed by atoms with Gasteiger partial charge in [0, 0.05) is 11.6 Å². The van der Waals surface area contributed by atoms with Crippen LogP contribution in [0.4, 0.5) is 0 Å². The minimum absolute atomic E-state index is 0.0454. The number of carboxylic acid groups (broad SMARTS) is 1. The lowest BCUT2D eigenvalue weighted by atomic mass is 10.1. The van der Waals surface area contributed by atoms with Crippen LogP contribution in [0.1, 0.15) is 34.5 Å². The summed E-state index contributed by atoms with van der Waals surface area (Å²) in [6.45, 7) is 1.91. The van der Waals surface area contributed by atoms with E-state index in [-0.39, 0.29) is 29.9 Å². The van der Waals surface area contributed by atoms with Gasteiger partial charge in [0.05, 0.1) is 26.8 Å². The van der Waals surface area contributed by atoms with Gasteiger partial charge in [0.15, 0.2) is 6.61 Å². The fourth-order valence-electron chi connectivity index (χ4n) is 3.52. The van der Waals surface area contributed by atoms with E-state index in [1.807, 2.05) is 61.5 Å². The normalized spacial score (nSPS) is 11.4. The zero-order chi connectivity index (χ0) is 23.8. The molecule has 0 fully saturated rings. The second kappa shape index (κ2) is 11.0. The highest BCUT2D eigenvalue weighted by Crippen LogP contribution is 2.28. The van der Waals surface area contributed by atoms with Crippen molar-refractivity contribution in [2.45, 2.75) is 19.5 Å². The molecule has 0 saturated heterocycles. The number of carbonyl (C=O) groups is 2. The van der Waals surface area contributed by atoms with E-state index >= 15 is 0 Å². The number of amides is 1. The standard InChI is InChI=1S/C26H27NO6/c1-18(19-9-5-4-6-10-19)27(16-20-11-7-8-12-23(20)32-3)25(28)17-33-24-15-21(31-2)13-14-22(24)26(29)30/h4-15,18H,16-17H2,1-3H3,(H,29,30)/t18-/m0/s1. The van der Waals surface area contributed by atoms with Crippen molar-refractivity contribution in [2.24, 2.45) is 0 Å². The number of hydrogen-bond acceptors (Lipinski definition) is 5. The van der Waals surface area contributed by atoms with Crippen LogP contribution in [-0.2, 0) is 11.3 Å². The average molecular weight is 450 g/mol. The molecule has 172 valence electrons. The topological polar surface area (TPSA) is 85.3 Å². The minimum atomic E-state index is -1.15. The Morgan fingerprint density at radius 1 is 0.909 bits per heavy atom. The Morgan fingerprint density at radius 3 is 2.27 bits per heavy atom. The minimum Gasteiger partial charge on any atom is -0.497 e. The number of methoxy groups -OCH3 is 2. The van der Waals surface area contributed by atoms with Gasteiger partial charge in [-0.25, -0.2) is 4.79 Å². The third-order valence-corrected chi connectivity index (χ3v) is 5.37. The third kappa shape index (κ3) is 5.83. The molecule has 0 bridgehead atoms. The summed E-state index contributed by atoms with van der Waals surface area (Å²) in [6.07, 6.45) is 0. The van der Waals surface area contributed by atoms with Crippen molar-refractivity contribution >= 4 is 11.9 Å². The van der Waals surface area contributed by atoms with Crippen molar-refractivity contribution < 1.29 is 28.9 Å². The Labute approximate surface area is 193 Å². The Morgan fingerprint density at radius 2 is 1.61 bits per heavy atom. The monoisotopic (exact) mass is 449 g/mol. The maximum Gasteiger partial charge on any atom is 0.339 e. The Balaban J connectivity index is 1.87. The van der Waals surface area contributed by atoms with E-state index in [4.69, 9.17) is 14.2 Å². The van der Waals surface area contributed by atoms with E-state index < -0.39 is 5.97 Å². The summed E-state index contributed by atoms with van der Waals surface area (Å²) in [5, 5.41) is 9.46. The molecule has 0 radical (unpaired) electrons. The molecule has 0 unspecified atom stereocenters. The van der Waals surface area contributed by atoms with Crippen LogP contribution in [0.3, 0.4) is 0 Å². The van der Waals surface area contributed by atoms with Crippen molar-refractivity contribution in [3.63, 3.8) is 0 Å². The Hall–Kier alpha value is -4.00. The summed E-state index contributed by atoms with van der Waals surface area (Å²) in [6, 6.07) is 21.3. The van der Waals surface area contributed by atoms with Gasteiger partial charge in [-0.15, -0.1) is 0 Å². The smallest absolute Gasteiger partial charge is 0.339 e. The fraction of sp³-hybridized carbons (Fsp3) is 0.231. The molecular formula is C26H27NO6. The first-order valence-corrected chi connectivity index (χ1v) is 10.4. The molecule has 0 heterocycles. The highest BCUT2D eigenvalue weighted by molar-refractivity contribution is 5.91. The molecule has 3 rings (SSSR count). The summed E-state index contributed by atoms with van der Waals surface area (Å²) >= 11 is 0. The highest BCUT2D eigenvalue weighted by Gasteiger charge is 2.24. The first-order valence-electron chi connectivity index (χ1n) is 10.4. The number of aromatic carboxylic acids is 1. The van der Waals surface area contributed by atoms with Gasteiger partial charge in [0.2, 0.25) is 0 Å². The third-order valence-electron chi connectivity index (χ3n) is 5.37. The number of carbonyl (C=O) groups excluding carboxylic acids is 1. The summed E-state index contributed by atoms with van der Waals surface area (Å²) in [4.78, 5) is 26.6. The van der Waals surface area contributed by atoms with E-state index in [0.717, 1.165) is 11.1 Å². The lowest BCUT2D eigenvalue weighted by Crippen LogP contribution is -2.36. The Bertz CT molecular complexity index is 1100. The molecule has 0 aliphatic carbocycles. The van der Waals surface area contributed by atoms with Gasteiger partial charge >= 0.3 is 5.97 Å². The fourth-order valence-corrected chi connectivity index (χ4v) is 3.52. The molecule has 3 aromatic carbocycles. The quantitative estimate of drug-likeness (QED) is 0.488. The second-order valence-electron chi connectivity index (χ2n) is 7.38. The molecule has 7 nitrogen and oxygen atoms in total. The van der Waals surface area contributed by atoms with E-state index in [9.17, 15) is 14.7 Å². The van der Waals surface area contributed by atoms with Crippen LogP contribution in [0, 0.1) is 0 Å². The number of para-hydroxylation sites is 1. The van der Waals surface area contributed by atoms with Crippen molar-refractivity contribution in [1.29, 1.82) is 0 Å². The van der Waals surface area contributed by atoms with Crippen LogP contribution < -0.4 is 14.2 Å². The van der Waals surface area contributed by atoms with E-state index in [0.29, 0.717) is 18.0 Å². The number of ether oxygens (including phenoxy) is 3. The number of carboxylic acids is 1. The number of hydrogen-bond donors (Lipinski definition) is 1. The van der Waals surface area contributed by atoms with Gasteiger partial charge in [0.25, 0.3) is 5.91 Å². The molecule has 0 spiro atoms. The number of rotatable bonds is 10. The SMILES string of the molecule is COc1ccc(C(=O)O)c(OCC(=O)N(Cc2ccccc2OC)[C@@H](C)c2ccccc2)c1. The predicted molar refractivity (Wildman–Crippen MR) is 124 cm³/mol. The van der Waals surface area contributed by atoms with Crippen LogP contribution >= 0.6 is 0 Å². The lowest BCUT2D eigenvalue weighted by Gasteiger charge is -2.30. The van der Waals surface area contributed by atoms with Gasteiger partial charge in [-0.1, -0.05) is 48.5 Å². The van der Waals surface area contributed by atoms with E-state index in [2.05, 4.69) is 0 Å². The molecule has 1 amide bonds. The van der Waals surface area contributed by atoms with Crippen LogP contribution in [0.2, 0.25) is 0 Å². The number of benzene rings is 3. The Kier molecular flexibility index (Phi) is 7.91. The van der Waals surface area contributed by atoms with Crippen molar-refractivity contribution in [2.75, 3.05) is 20.8 Å². The van der Waals surface area contributed by atoms with Crippen LogP contribution in [0.25, 0.3) is 0 Å². The molecule has 33 heavy (non-hydrogen) atoms. The van der Waals surface area contributed by atoms with Crippen LogP contribution in [0.15, 0.2) is 72.8 Å². The average Bonchev–Trinajstić information content (AvgIpc) is 2.85. The molecule has 3 aromatic rings. The summed E-state index contributed by atoms with van der Waals surface area (Å²) in [5.41, 5.74) is 1.77. The van der Waals surface area contributed by atoms with Crippen molar-refractivity contribution in [1.82, 2.24) is 4.90 Å². The maximum absolute atomic E-state index is 13.4. The zero-order valence-electron chi connectivity index (χ0n) is 18.9. The summed E-state index contributed by atoms with van der Waals surface area (Å²) < 4.78 is 16.3. The van der Waals surface area contributed by atoms with Crippen molar-refractivity contribution in [3.05, 3.63) is 89.5 Å². The molecule has 0 aromatic heterocycles. The number of nitrogens with zero attached hydrogens (tertiary/aromatic N) is 1. The molecule has 0 saturated carbocycles. The second-order valence-corrected chi connectivity index (χ2v) is 7.38. The largest absolute Gasteiger partial charge is 0.497 e. The maximum atomic E-state index is 13.4. The van der Waals surface area contributed by atoms with Crippen molar-refractivity contribution in [3.8, 4) is 17.2 Å². The highest BCUT2D eigenvalue weighted by atomic mass is 16.5. The predicted octanol–water partition coefficient (Wildman–Crippen LogP) is 4.57. The van der Waals surface area contributed by atoms with Crippen LogP contribution in [0.5, 0.6) is 17.2 Å². The lowest BCUT2D eigenvalue weighted by molar-refractivity contribution is -0.136. The molecule has 0 aliphatic heterocycles. The summed E-state index contributed by atoms with van der Waals surface area (Å²) in [7, 11) is 3.06. The van der Waals surface area contributed by atoms with Gasteiger partial charge in [-0.05, 0) is 30.7 Å².